The summed E-state index contributed by atoms with van der Waals surface area (Å²) in [5, 5.41) is 5.20. The number of ether oxygens (including phenoxy) is 2. The van der Waals surface area contributed by atoms with Crippen molar-refractivity contribution in [2.45, 2.75) is 50.3 Å². The molecule has 2 heterocycles. The van der Waals surface area contributed by atoms with Gasteiger partial charge in [-0.3, -0.25) is 9.59 Å². The van der Waals surface area contributed by atoms with Crippen molar-refractivity contribution in [3.05, 3.63) is 58.9 Å². The van der Waals surface area contributed by atoms with Gasteiger partial charge in [0.15, 0.2) is 0 Å². The molecule has 1 saturated heterocycles. The SMILES string of the molecule is CNC(=O)Nc1ccc2c(c1)CCC[C@]21OC(=O)N(CC(=O)N2Cc3cc(F)ccc3OC[C@H]2C2CC2)C1=O. The lowest BCUT2D eigenvalue weighted by Crippen LogP contribution is -2.49. The molecule has 2 N–H and O–H groups in total. The lowest BCUT2D eigenvalue weighted by Gasteiger charge is -2.32. The second kappa shape index (κ2) is 9.55. The molecule has 2 aliphatic carbocycles. The maximum Gasteiger partial charge on any atom is 0.418 e. The summed E-state index contributed by atoms with van der Waals surface area (Å²) >= 11 is 0. The summed E-state index contributed by atoms with van der Waals surface area (Å²) in [6.45, 7) is -0.0879. The van der Waals surface area contributed by atoms with E-state index < -0.39 is 35.9 Å². The van der Waals surface area contributed by atoms with Crippen LogP contribution in [0.2, 0.25) is 0 Å². The van der Waals surface area contributed by atoms with Crippen molar-refractivity contribution in [2.24, 2.45) is 5.92 Å². The number of carbonyl (C=O) groups excluding carboxylic acids is 4. The van der Waals surface area contributed by atoms with Crippen LogP contribution in [0.25, 0.3) is 0 Å². The number of rotatable bonds is 4. The molecule has 2 aromatic carbocycles. The number of nitrogens with zero attached hydrogens (tertiary/aromatic N) is 2. The Hall–Kier alpha value is -4.15. The van der Waals surface area contributed by atoms with Crippen molar-refractivity contribution in [2.75, 3.05) is 25.5 Å². The van der Waals surface area contributed by atoms with Gasteiger partial charge in [0.1, 0.15) is 24.7 Å². The van der Waals surface area contributed by atoms with E-state index in [1.807, 2.05) is 0 Å². The fourth-order valence-corrected chi connectivity index (χ4v) is 5.89. The molecule has 2 atom stereocenters. The zero-order chi connectivity index (χ0) is 27.3. The molecule has 39 heavy (non-hydrogen) atoms. The minimum absolute atomic E-state index is 0.124. The van der Waals surface area contributed by atoms with Gasteiger partial charge in [-0.05, 0) is 67.5 Å². The minimum atomic E-state index is -1.51. The number of hydrogen-bond acceptors (Lipinski definition) is 6. The Morgan fingerprint density at radius 3 is 2.72 bits per heavy atom. The van der Waals surface area contributed by atoms with Crippen LogP contribution in [-0.4, -0.2) is 60.0 Å². The van der Waals surface area contributed by atoms with E-state index in [2.05, 4.69) is 10.6 Å². The number of nitrogens with one attached hydrogen (secondary N) is 2. The summed E-state index contributed by atoms with van der Waals surface area (Å²) in [6, 6.07) is 8.74. The Kier molecular flexibility index (Phi) is 6.16. The highest BCUT2D eigenvalue weighted by atomic mass is 19.1. The minimum Gasteiger partial charge on any atom is -0.491 e. The first-order valence-electron chi connectivity index (χ1n) is 13.2. The maximum absolute atomic E-state index is 14.0. The normalized spacial score (nSPS) is 23.9. The van der Waals surface area contributed by atoms with Crippen molar-refractivity contribution in [3.8, 4) is 5.75 Å². The van der Waals surface area contributed by atoms with Crippen LogP contribution in [0.1, 0.15) is 42.4 Å². The first-order valence-corrected chi connectivity index (χ1v) is 13.2. The molecule has 0 aromatic heterocycles. The van der Waals surface area contributed by atoms with E-state index in [-0.39, 0.29) is 31.1 Å². The predicted molar refractivity (Wildman–Crippen MR) is 136 cm³/mol. The van der Waals surface area contributed by atoms with Gasteiger partial charge in [0.05, 0.1) is 6.04 Å². The molecule has 1 spiro atoms. The summed E-state index contributed by atoms with van der Waals surface area (Å²) in [5.41, 5.74) is 0.944. The lowest BCUT2D eigenvalue weighted by molar-refractivity contribution is -0.144. The van der Waals surface area contributed by atoms with Crippen molar-refractivity contribution in [3.63, 3.8) is 0 Å². The zero-order valence-corrected chi connectivity index (χ0v) is 21.5. The number of amides is 5. The van der Waals surface area contributed by atoms with Crippen LogP contribution in [0.15, 0.2) is 36.4 Å². The van der Waals surface area contributed by atoms with E-state index in [1.165, 1.54) is 19.2 Å². The number of hydrogen-bond donors (Lipinski definition) is 2. The number of benzene rings is 2. The van der Waals surface area contributed by atoms with Crippen LogP contribution in [0.5, 0.6) is 5.75 Å². The zero-order valence-electron chi connectivity index (χ0n) is 21.5. The Morgan fingerprint density at radius 2 is 1.95 bits per heavy atom. The summed E-state index contributed by atoms with van der Waals surface area (Å²) in [6.07, 6.45) is 2.57. The van der Waals surface area contributed by atoms with E-state index >= 15 is 0 Å². The molecular weight excluding hydrogens is 507 g/mol. The van der Waals surface area contributed by atoms with Crippen LogP contribution in [0.4, 0.5) is 19.7 Å². The quantitative estimate of drug-likeness (QED) is 0.620. The van der Waals surface area contributed by atoms with Gasteiger partial charge in [-0.2, -0.15) is 0 Å². The number of carbonyl (C=O) groups is 4. The standard InChI is InChI=1S/C28H29FN4O6/c1-30-26(36)31-20-7-8-21-17(12-20)3-2-10-28(21)25(35)33(27(37)39-28)14-24(34)32-13-18-11-19(29)6-9-23(18)38-15-22(32)16-4-5-16/h6-9,11-12,16,22H,2-5,10,13-15H2,1H3,(H2,30,31,36)/t22-,28-/m0/s1. The highest BCUT2D eigenvalue weighted by Crippen LogP contribution is 2.45. The van der Waals surface area contributed by atoms with Gasteiger partial charge in [-0.25, -0.2) is 18.9 Å². The molecule has 0 bridgehead atoms. The number of urea groups is 1. The summed E-state index contributed by atoms with van der Waals surface area (Å²) < 4.78 is 25.7. The van der Waals surface area contributed by atoms with Crippen LogP contribution >= 0.6 is 0 Å². The molecule has 2 fully saturated rings. The summed E-state index contributed by atoms with van der Waals surface area (Å²) in [5.74, 6) is -0.648. The summed E-state index contributed by atoms with van der Waals surface area (Å²) in [4.78, 5) is 54.7. The van der Waals surface area contributed by atoms with Crippen molar-refractivity contribution in [1.82, 2.24) is 15.1 Å². The number of imide groups is 1. The predicted octanol–water partition coefficient (Wildman–Crippen LogP) is 3.29. The third kappa shape index (κ3) is 4.45. The van der Waals surface area contributed by atoms with Crippen LogP contribution in [0, 0.1) is 11.7 Å². The highest BCUT2D eigenvalue weighted by Gasteiger charge is 2.57. The average Bonchev–Trinajstić information content (AvgIpc) is 3.74. The maximum atomic E-state index is 14.0. The molecule has 2 aromatic rings. The second-order valence-electron chi connectivity index (χ2n) is 10.5. The molecule has 0 unspecified atom stereocenters. The van der Waals surface area contributed by atoms with Gasteiger partial charge < -0.3 is 25.0 Å². The van der Waals surface area contributed by atoms with Gasteiger partial charge in [0.25, 0.3) is 5.91 Å². The van der Waals surface area contributed by atoms with Gasteiger partial charge in [-0.1, -0.05) is 6.07 Å². The van der Waals surface area contributed by atoms with Crippen molar-refractivity contribution in [1.29, 1.82) is 0 Å². The van der Waals surface area contributed by atoms with E-state index in [1.54, 1.807) is 29.2 Å². The van der Waals surface area contributed by atoms with Gasteiger partial charge in [0, 0.05) is 36.8 Å². The third-order valence-corrected chi connectivity index (χ3v) is 8.03. The third-order valence-electron chi connectivity index (χ3n) is 8.03. The molecule has 0 radical (unpaired) electrons. The van der Waals surface area contributed by atoms with Crippen LogP contribution in [0.3, 0.4) is 0 Å². The van der Waals surface area contributed by atoms with E-state index in [4.69, 9.17) is 9.47 Å². The van der Waals surface area contributed by atoms with Gasteiger partial charge in [0.2, 0.25) is 11.5 Å². The molecule has 6 rings (SSSR count). The fourth-order valence-electron chi connectivity index (χ4n) is 5.89. The summed E-state index contributed by atoms with van der Waals surface area (Å²) in [7, 11) is 1.51. The Bertz CT molecular complexity index is 1380. The van der Waals surface area contributed by atoms with Crippen molar-refractivity contribution >= 4 is 29.6 Å². The Morgan fingerprint density at radius 1 is 1.13 bits per heavy atom. The molecule has 4 aliphatic rings. The second-order valence-corrected chi connectivity index (χ2v) is 10.5. The number of fused-ring (bicyclic) bond motifs is 3. The van der Waals surface area contributed by atoms with Gasteiger partial charge >= 0.3 is 12.1 Å². The first kappa shape index (κ1) is 25.1. The largest absolute Gasteiger partial charge is 0.491 e. The van der Waals surface area contributed by atoms with E-state index in [9.17, 15) is 23.6 Å². The molecule has 1 saturated carbocycles. The molecule has 204 valence electrons. The highest BCUT2D eigenvalue weighted by molar-refractivity contribution is 6.06. The van der Waals surface area contributed by atoms with E-state index in [0.717, 1.165) is 23.3 Å². The number of halogens is 1. The molecule has 5 amide bonds. The van der Waals surface area contributed by atoms with Gasteiger partial charge in [-0.15, -0.1) is 0 Å². The van der Waals surface area contributed by atoms with E-state index in [0.29, 0.717) is 41.8 Å². The smallest absolute Gasteiger partial charge is 0.418 e. The number of anilines is 1. The first-order chi connectivity index (χ1) is 18.8. The number of aryl methyl sites for hydroxylation is 1. The Balaban J connectivity index is 1.25. The van der Waals surface area contributed by atoms with Crippen LogP contribution in [-0.2, 0) is 32.9 Å². The topological polar surface area (TPSA) is 117 Å². The van der Waals surface area contributed by atoms with Crippen LogP contribution < -0.4 is 15.4 Å². The molecule has 2 aliphatic heterocycles. The van der Waals surface area contributed by atoms with Crippen molar-refractivity contribution < 1.29 is 33.0 Å². The lowest BCUT2D eigenvalue weighted by atomic mass is 9.78. The average molecular weight is 537 g/mol. The molecular formula is C28H29FN4O6. The Labute approximate surface area is 224 Å². The molecule has 10 nitrogen and oxygen atoms in total. The molecule has 11 heteroatoms. The monoisotopic (exact) mass is 536 g/mol. The fraction of sp³-hybridized carbons (Fsp3) is 0.429.